The van der Waals surface area contributed by atoms with E-state index in [4.69, 9.17) is 33.7 Å². The van der Waals surface area contributed by atoms with Crippen LogP contribution in [0.2, 0.25) is 10.0 Å². The molecule has 0 aliphatic carbocycles. The average molecular weight is 659 g/mol. The molecular formula is C34H29Cl2N5O5. The first-order chi connectivity index (χ1) is 22.2. The fourth-order valence-corrected chi connectivity index (χ4v) is 5.36. The number of carbonyl (C=O) groups is 4. The minimum atomic E-state index is -1.01. The SMILES string of the molecule is NC(=NC(=O)Cc1cccc(Oc2ccccc2)c1)NC(Cc1ccc(Cl)cc1Cl)C(=O)NCCN1C(=O)c2ccccc2C1=O. The molecule has 0 saturated carbocycles. The quantitative estimate of drug-likeness (QED) is 0.120. The Bertz CT molecular complexity index is 1780. The summed E-state index contributed by atoms with van der Waals surface area (Å²) in [6.45, 7) is -0.0597. The van der Waals surface area contributed by atoms with E-state index in [-0.39, 0.29) is 31.9 Å². The summed E-state index contributed by atoms with van der Waals surface area (Å²) >= 11 is 12.4. The van der Waals surface area contributed by atoms with E-state index in [1.807, 2.05) is 30.3 Å². The van der Waals surface area contributed by atoms with Gasteiger partial charge in [0.2, 0.25) is 5.91 Å². The standard InChI is InChI=1S/C34H29Cl2N5O5/c35-23-14-13-22(28(36)20-23)19-29(31(43)38-15-16-41-32(44)26-11-4-5-12-27(26)33(41)45)39-34(37)40-30(42)18-21-7-6-10-25(17-21)46-24-8-2-1-3-9-24/h1-14,17,20,29H,15-16,18-19H2,(H,38,43)(H3,37,39,40,42). The number of fused-ring (bicyclic) bond motifs is 1. The zero-order chi connectivity index (χ0) is 32.6. The number of nitrogens with two attached hydrogens (primary N) is 1. The second kappa shape index (κ2) is 14.7. The molecular weight excluding hydrogens is 629 g/mol. The first-order valence-corrected chi connectivity index (χ1v) is 15.1. The van der Waals surface area contributed by atoms with Crippen molar-refractivity contribution in [3.8, 4) is 11.5 Å². The lowest BCUT2D eigenvalue weighted by atomic mass is 10.1. The lowest BCUT2D eigenvalue weighted by Gasteiger charge is -2.21. The minimum Gasteiger partial charge on any atom is -0.457 e. The van der Waals surface area contributed by atoms with Gasteiger partial charge >= 0.3 is 0 Å². The summed E-state index contributed by atoms with van der Waals surface area (Å²) in [5, 5.41) is 6.30. The smallest absolute Gasteiger partial charge is 0.261 e. The van der Waals surface area contributed by atoms with Crippen LogP contribution in [0, 0.1) is 0 Å². The predicted molar refractivity (Wildman–Crippen MR) is 175 cm³/mol. The highest BCUT2D eigenvalue weighted by atomic mass is 35.5. The van der Waals surface area contributed by atoms with Gasteiger partial charge in [0.05, 0.1) is 17.5 Å². The van der Waals surface area contributed by atoms with Crippen molar-refractivity contribution in [2.45, 2.75) is 18.9 Å². The van der Waals surface area contributed by atoms with Crippen LogP contribution in [0.4, 0.5) is 0 Å². The van der Waals surface area contributed by atoms with E-state index in [2.05, 4.69) is 15.6 Å². The first kappa shape index (κ1) is 32.2. The van der Waals surface area contributed by atoms with Gasteiger partial charge < -0.3 is 21.1 Å². The summed E-state index contributed by atoms with van der Waals surface area (Å²) < 4.78 is 5.84. The number of rotatable bonds is 11. The minimum absolute atomic E-state index is 0.0196. The molecule has 0 saturated heterocycles. The van der Waals surface area contributed by atoms with E-state index in [1.54, 1.807) is 66.7 Å². The van der Waals surface area contributed by atoms with E-state index in [9.17, 15) is 19.2 Å². The summed E-state index contributed by atoms with van der Waals surface area (Å²) in [6, 6.07) is 26.7. The predicted octanol–water partition coefficient (Wildman–Crippen LogP) is 4.78. The maximum Gasteiger partial charge on any atom is 0.261 e. The molecule has 46 heavy (non-hydrogen) atoms. The molecule has 234 valence electrons. The molecule has 1 aliphatic rings. The molecule has 4 aromatic carbocycles. The Morgan fingerprint density at radius 1 is 0.848 bits per heavy atom. The number of imide groups is 1. The molecule has 1 atom stereocenters. The monoisotopic (exact) mass is 657 g/mol. The van der Waals surface area contributed by atoms with Gasteiger partial charge in [-0.05, 0) is 59.7 Å². The third kappa shape index (κ3) is 8.09. The number of nitrogens with zero attached hydrogens (tertiary/aromatic N) is 2. The second-order valence-electron chi connectivity index (χ2n) is 10.4. The Morgan fingerprint density at radius 2 is 1.52 bits per heavy atom. The van der Waals surface area contributed by atoms with Crippen molar-refractivity contribution in [3.05, 3.63) is 129 Å². The maximum atomic E-state index is 13.3. The number of halogens is 2. The Balaban J connectivity index is 1.23. The summed E-state index contributed by atoms with van der Waals surface area (Å²) in [6.07, 6.45) is 0.00661. The van der Waals surface area contributed by atoms with Crippen molar-refractivity contribution >= 4 is 52.8 Å². The Kier molecular flexibility index (Phi) is 10.3. The molecule has 0 fully saturated rings. The average Bonchev–Trinajstić information content (AvgIpc) is 3.27. The van der Waals surface area contributed by atoms with Gasteiger partial charge in [0.1, 0.15) is 17.5 Å². The molecule has 12 heteroatoms. The van der Waals surface area contributed by atoms with Crippen LogP contribution in [0.5, 0.6) is 11.5 Å². The summed E-state index contributed by atoms with van der Waals surface area (Å²) in [4.78, 5) is 56.6. The molecule has 4 N–H and O–H groups in total. The lowest BCUT2D eigenvalue weighted by Crippen LogP contribution is -2.51. The van der Waals surface area contributed by atoms with Crippen molar-refractivity contribution in [1.29, 1.82) is 0 Å². The third-order valence-electron chi connectivity index (χ3n) is 7.07. The lowest BCUT2D eigenvalue weighted by molar-refractivity contribution is -0.123. The number of aliphatic imine (C=N–C) groups is 1. The molecule has 1 unspecified atom stereocenters. The van der Waals surface area contributed by atoms with Gasteiger partial charge in [-0.1, -0.05) is 71.7 Å². The fourth-order valence-electron chi connectivity index (χ4n) is 4.88. The van der Waals surface area contributed by atoms with E-state index < -0.39 is 29.7 Å². The molecule has 10 nitrogen and oxygen atoms in total. The van der Waals surface area contributed by atoms with E-state index in [1.165, 1.54) is 0 Å². The number of hydrogen-bond acceptors (Lipinski definition) is 5. The van der Waals surface area contributed by atoms with Crippen LogP contribution < -0.4 is 21.1 Å². The van der Waals surface area contributed by atoms with Crippen LogP contribution in [-0.2, 0) is 22.4 Å². The normalized spacial score (nSPS) is 13.3. The summed E-state index contributed by atoms with van der Waals surface area (Å²) in [5.41, 5.74) is 7.98. The van der Waals surface area contributed by atoms with Crippen LogP contribution in [0.3, 0.4) is 0 Å². The van der Waals surface area contributed by atoms with Crippen molar-refractivity contribution in [2.75, 3.05) is 13.1 Å². The molecule has 5 rings (SSSR count). The van der Waals surface area contributed by atoms with Gasteiger partial charge in [0.15, 0.2) is 5.96 Å². The number of hydrogen-bond donors (Lipinski definition) is 3. The van der Waals surface area contributed by atoms with E-state index in [0.717, 1.165) is 4.90 Å². The molecule has 4 amide bonds. The third-order valence-corrected chi connectivity index (χ3v) is 7.66. The van der Waals surface area contributed by atoms with Crippen molar-refractivity contribution in [2.24, 2.45) is 10.7 Å². The van der Waals surface area contributed by atoms with Crippen LogP contribution in [0.1, 0.15) is 31.8 Å². The highest BCUT2D eigenvalue weighted by molar-refractivity contribution is 6.35. The van der Waals surface area contributed by atoms with Crippen LogP contribution >= 0.6 is 23.2 Å². The Hall–Kier alpha value is -5.19. The molecule has 0 radical (unpaired) electrons. The van der Waals surface area contributed by atoms with Crippen LogP contribution in [0.15, 0.2) is 102 Å². The van der Waals surface area contributed by atoms with Crippen LogP contribution in [0.25, 0.3) is 0 Å². The van der Waals surface area contributed by atoms with Crippen molar-refractivity contribution in [3.63, 3.8) is 0 Å². The number of carbonyl (C=O) groups excluding carboxylic acids is 4. The van der Waals surface area contributed by atoms with E-state index >= 15 is 0 Å². The largest absolute Gasteiger partial charge is 0.457 e. The van der Waals surface area contributed by atoms with Crippen molar-refractivity contribution < 1.29 is 23.9 Å². The zero-order valence-corrected chi connectivity index (χ0v) is 25.9. The zero-order valence-electron chi connectivity index (χ0n) is 24.4. The van der Waals surface area contributed by atoms with Gasteiger partial charge in [-0.25, -0.2) is 0 Å². The molecule has 0 spiro atoms. The molecule has 1 heterocycles. The highest BCUT2D eigenvalue weighted by Crippen LogP contribution is 2.24. The highest BCUT2D eigenvalue weighted by Gasteiger charge is 2.34. The first-order valence-electron chi connectivity index (χ1n) is 14.3. The summed E-state index contributed by atoms with van der Waals surface area (Å²) in [5.74, 6) is -0.966. The molecule has 4 aromatic rings. The van der Waals surface area contributed by atoms with Gasteiger partial charge in [-0.3, -0.25) is 24.1 Å². The van der Waals surface area contributed by atoms with Crippen molar-refractivity contribution in [1.82, 2.24) is 15.5 Å². The Labute approximate surface area is 275 Å². The van der Waals surface area contributed by atoms with Gasteiger partial charge in [0.25, 0.3) is 17.7 Å². The number of amides is 4. The molecule has 0 aromatic heterocycles. The van der Waals surface area contributed by atoms with Gasteiger partial charge in [-0.2, -0.15) is 4.99 Å². The number of ether oxygens (including phenoxy) is 1. The fraction of sp³-hybridized carbons (Fsp3) is 0.147. The van der Waals surface area contributed by atoms with Gasteiger partial charge in [-0.15, -0.1) is 0 Å². The number of guanidine groups is 1. The molecule has 1 aliphatic heterocycles. The van der Waals surface area contributed by atoms with Gasteiger partial charge in [0, 0.05) is 29.6 Å². The maximum absolute atomic E-state index is 13.3. The second-order valence-corrected chi connectivity index (χ2v) is 11.2. The topological polar surface area (TPSA) is 143 Å². The summed E-state index contributed by atoms with van der Waals surface area (Å²) in [7, 11) is 0. The van der Waals surface area contributed by atoms with E-state index in [0.29, 0.717) is 43.8 Å². The molecule has 0 bridgehead atoms. The number of para-hydroxylation sites is 1. The Morgan fingerprint density at radius 3 is 2.22 bits per heavy atom. The number of nitrogens with one attached hydrogen (secondary N) is 2. The number of benzene rings is 4. The van der Waals surface area contributed by atoms with Crippen LogP contribution in [-0.4, -0.2) is 53.6 Å².